The lowest BCUT2D eigenvalue weighted by Gasteiger charge is -2.13. The summed E-state index contributed by atoms with van der Waals surface area (Å²) in [5.41, 5.74) is 1.81. The minimum absolute atomic E-state index is 0.158. The Balaban J connectivity index is 2.08. The summed E-state index contributed by atoms with van der Waals surface area (Å²) < 4.78 is 0.764. The molecule has 0 spiro atoms. The lowest BCUT2D eigenvalue weighted by Crippen LogP contribution is -2.18. The van der Waals surface area contributed by atoms with Crippen molar-refractivity contribution in [3.63, 3.8) is 0 Å². The summed E-state index contributed by atoms with van der Waals surface area (Å²) in [5.74, 6) is 0. The average Bonchev–Trinajstić information content (AvgIpc) is 2.83. The van der Waals surface area contributed by atoms with Crippen LogP contribution in [0.1, 0.15) is 29.0 Å². The van der Waals surface area contributed by atoms with E-state index in [0.717, 1.165) is 14.8 Å². The SMILES string of the molecule is Cc1c(CNC(C)c2ccc(Cl)s2)cccc1[N+](=O)[O-]. The maximum absolute atomic E-state index is 10.9. The lowest BCUT2D eigenvalue weighted by atomic mass is 10.1. The van der Waals surface area contributed by atoms with Gasteiger partial charge in [0.05, 0.1) is 9.26 Å². The maximum atomic E-state index is 10.9. The van der Waals surface area contributed by atoms with Crippen LogP contribution in [0.25, 0.3) is 0 Å². The highest BCUT2D eigenvalue weighted by molar-refractivity contribution is 7.16. The van der Waals surface area contributed by atoms with Crippen molar-refractivity contribution < 1.29 is 4.92 Å². The molecule has 0 fully saturated rings. The van der Waals surface area contributed by atoms with Crippen molar-refractivity contribution in [1.82, 2.24) is 5.32 Å². The summed E-state index contributed by atoms with van der Waals surface area (Å²) in [4.78, 5) is 11.7. The molecule has 20 heavy (non-hydrogen) atoms. The van der Waals surface area contributed by atoms with Gasteiger partial charge in [-0.2, -0.15) is 0 Å². The molecule has 0 saturated heterocycles. The van der Waals surface area contributed by atoms with Gasteiger partial charge < -0.3 is 5.32 Å². The van der Waals surface area contributed by atoms with Crippen LogP contribution in [0.5, 0.6) is 0 Å². The summed E-state index contributed by atoms with van der Waals surface area (Å²) in [7, 11) is 0. The molecule has 1 atom stereocenters. The van der Waals surface area contributed by atoms with Gasteiger partial charge in [0.2, 0.25) is 0 Å². The monoisotopic (exact) mass is 310 g/mol. The number of nitrogens with one attached hydrogen (secondary N) is 1. The Bertz CT molecular complexity index is 627. The van der Waals surface area contributed by atoms with Gasteiger partial charge in [0.15, 0.2) is 0 Å². The maximum Gasteiger partial charge on any atom is 0.272 e. The first kappa shape index (κ1) is 15.0. The van der Waals surface area contributed by atoms with Crippen LogP contribution in [-0.2, 0) is 6.54 Å². The molecule has 4 nitrogen and oxygen atoms in total. The highest BCUT2D eigenvalue weighted by Gasteiger charge is 2.14. The Hall–Kier alpha value is -1.43. The summed E-state index contributed by atoms with van der Waals surface area (Å²) in [6, 6.07) is 9.18. The van der Waals surface area contributed by atoms with Crippen molar-refractivity contribution in [1.29, 1.82) is 0 Å². The number of thiophene rings is 1. The second-order valence-electron chi connectivity index (χ2n) is 4.56. The smallest absolute Gasteiger partial charge is 0.272 e. The molecular weight excluding hydrogens is 296 g/mol. The first-order valence-corrected chi connectivity index (χ1v) is 7.40. The highest BCUT2D eigenvalue weighted by Crippen LogP contribution is 2.27. The predicted molar refractivity (Wildman–Crippen MR) is 82.4 cm³/mol. The van der Waals surface area contributed by atoms with Gasteiger partial charge in [-0.15, -0.1) is 11.3 Å². The van der Waals surface area contributed by atoms with Gasteiger partial charge in [0.25, 0.3) is 5.69 Å². The van der Waals surface area contributed by atoms with Crippen molar-refractivity contribution in [2.45, 2.75) is 26.4 Å². The summed E-state index contributed by atoms with van der Waals surface area (Å²) >= 11 is 7.46. The zero-order valence-corrected chi connectivity index (χ0v) is 12.8. The number of rotatable bonds is 5. The quantitative estimate of drug-likeness (QED) is 0.655. The molecule has 2 aromatic rings. The molecule has 0 saturated carbocycles. The van der Waals surface area contributed by atoms with Crippen LogP contribution in [0.3, 0.4) is 0 Å². The zero-order chi connectivity index (χ0) is 14.7. The molecule has 1 heterocycles. The molecule has 0 aliphatic carbocycles. The van der Waals surface area contributed by atoms with E-state index in [-0.39, 0.29) is 16.7 Å². The molecule has 0 aliphatic heterocycles. The fourth-order valence-electron chi connectivity index (χ4n) is 1.98. The van der Waals surface area contributed by atoms with Gasteiger partial charge in [0.1, 0.15) is 0 Å². The van der Waals surface area contributed by atoms with Crippen LogP contribution in [0, 0.1) is 17.0 Å². The second kappa shape index (κ2) is 6.35. The second-order valence-corrected chi connectivity index (χ2v) is 6.31. The van der Waals surface area contributed by atoms with E-state index in [1.165, 1.54) is 17.4 Å². The number of hydrogen-bond acceptors (Lipinski definition) is 4. The molecule has 0 radical (unpaired) electrons. The normalized spacial score (nSPS) is 12.3. The van der Waals surface area contributed by atoms with E-state index in [1.807, 2.05) is 18.2 Å². The first-order valence-electron chi connectivity index (χ1n) is 6.20. The largest absolute Gasteiger partial charge is 0.305 e. The fourth-order valence-corrected chi connectivity index (χ4v) is 3.07. The minimum Gasteiger partial charge on any atom is -0.305 e. The van der Waals surface area contributed by atoms with Crippen LogP contribution in [0.15, 0.2) is 30.3 Å². The third kappa shape index (κ3) is 3.36. The molecule has 0 bridgehead atoms. The Morgan fingerprint density at radius 2 is 2.15 bits per heavy atom. The molecule has 1 N–H and O–H groups in total. The summed E-state index contributed by atoms with van der Waals surface area (Å²) in [6.45, 7) is 4.42. The van der Waals surface area contributed by atoms with Crippen LogP contribution in [0.4, 0.5) is 5.69 Å². The fraction of sp³-hybridized carbons (Fsp3) is 0.286. The molecule has 6 heteroatoms. The highest BCUT2D eigenvalue weighted by atomic mass is 35.5. The number of hydrogen-bond donors (Lipinski definition) is 1. The minimum atomic E-state index is -0.346. The van der Waals surface area contributed by atoms with Gasteiger partial charge >= 0.3 is 0 Å². The summed E-state index contributed by atoms with van der Waals surface area (Å²) in [6.07, 6.45) is 0. The molecule has 0 amide bonds. The molecule has 2 rings (SSSR count). The molecule has 0 aliphatic rings. The van der Waals surface area contributed by atoms with Gasteiger partial charge in [-0.1, -0.05) is 23.7 Å². The third-order valence-corrected chi connectivity index (χ3v) is 4.65. The van der Waals surface area contributed by atoms with Crippen molar-refractivity contribution in [2.75, 3.05) is 0 Å². The van der Waals surface area contributed by atoms with Gasteiger partial charge in [-0.3, -0.25) is 10.1 Å². The van der Waals surface area contributed by atoms with Crippen molar-refractivity contribution in [3.8, 4) is 0 Å². The van der Waals surface area contributed by atoms with E-state index < -0.39 is 0 Å². The predicted octanol–water partition coefficient (Wildman–Crippen LogP) is 4.47. The Morgan fingerprint density at radius 3 is 2.75 bits per heavy atom. The van der Waals surface area contributed by atoms with Gasteiger partial charge in [-0.05, 0) is 31.5 Å². The molecular formula is C14H15ClN2O2S. The molecule has 1 aromatic carbocycles. The van der Waals surface area contributed by atoms with Crippen molar-refractivity contribution in [2.24, 2.45) is 0 Å². The topological polar surface area (TPSA) is 55.2 Å². The Morgan fingerprint density at radius 1 is 1.40 bits per heavy atom. The zero-order valence-electron chi connectivity index (χ0n) is 11.2. The van der Waals surface area contributed by atoms with E-state index in [4.69, 9.17) is 11.6 Å². The van der Waals surface area contributed by atoms with E-state index in [0.29, 0.717) is 12.1 Å². The number of nitro benzene ring substituents is 1. The molecule has 1 aromatic heterocycles. The van der Waals surface area contributed by atoms with Crippen LogP contribution in [-0.4, -0.2) is 4.92 Å². The number of benzene rings is 1. The number of nitro groups is 1. The average molecular weight is 311 g/mol. The Kier molecular flexibility index (Phi) is 4.75. The van der Waals surface area contributed by atoms with Crippen molar-refractivity contribution in [3.05, 3.63) is 60.8 Å². The molecule has 106 valence electrons. The van der Waals surface area contributed by atoms with E-state index in [9.17, 15) is 10.1 Å². The molecule has 1 unspecified atom stereocenters. The number of nitrogens with zero attached hydrogens (tertiary/aromatic N) is 1. The van der Waals surface area contributed by atoms with Gasteiger partial charge in [0, 0.05) is 29.1 Å². The number of halogens is 1. The first-order chi connectivity index (χ1) is 9.49. The van der Waals surface area contributed by atoms with E-state index in [1.54, 1.807) is 13.0 Å². The summed E-state index contributed by atoms with van der Waals surface area (Å²) in [5, 5.41) is 14.3. The standard InChI is InChI=1S/C14H15ClN2O2S/c1-9-11(4-3-5-12(9)17(18)19)8-16-10(2)13-6-7-14(15)20-13/h3-7,10,16H,8H2,1-2H3. The van der Waals surface area contributed by atoms with E-state index in [2.05, 4.69) is 12.2 Å². The van der Waals surface area contributed by atoms with Crippen LogP contribution < -0.4 is 5.32 Å². The van der Waals surface area contributed by atoms with Gasteiger partial charge in [-0.25, -0.2) is 0 Å². The van der Waals surface area contributed by atoms with E-state index >= 15 is 0 Å². The van der Waals surface area contributed by atoms with Crippen molar-refractivity contribution >= 4 is 28.6 Å². The third-order valence-electron chi connectivity index (χ3n) is 3.23. The lowest BCUT2D eigenvalue weighted by molar-refractivity contribution is -0.385. The Labute approximate surface area is 126 Å². The van der Waals surface area contributed by atoms with Crippen LogP contribution in [0.2, 0.25) is 4.34 Å². The van der Waals surface area contributed by atoms with Crippen LogP contribution >= 0.6 is 22.9 Å².